The highest BCUT2D eigenvalue weighted by molar-refractivity contribution is 6.15. The van der Waals surface area contributed by atoms with Gasteiger partial charge in [0, 0.05) is 12.1 Å². The number of hydrogen-bond donors (Lipinski definition) is 0. The third-order valence-electron chi connectivity index (χ3n) is 6.12. The average Bonchev–Trinajstić information content (AvgIpc) is 2.85. The molecule has 0 fully saturated rings. The van der Waals surface area contributed by atoms with Crippen LogP contribution in [0.2, 0.25) is 0 Å². The van der Waals surface area contributed by atoms with Gasteiger partial charge in [-0.2, -0.15) is 0 Å². The van der Waals surface area contributed by atoms with Crippen LogP contribution >= 0.6 is 0 Å². The molecule has 150 valence electrons. The van der Waals surface area contributed by atoms with E-state index in [1.54, 1.807) is 4.90 Å². The lowest BCUT2D eigenvalue weighted by molar-refractivity contribution is -0.124. The molecule has 5 rings (SSSR count). The lowest BCUT2D eigenvalue weighted by Gasteiger charge is -2.35. The van der Waals surface area contributed by atoms with Crippen LogP contribution in [0.25, 0.3) is 11.1 Å². The van der Waals surface area contributed by atoms with Gasteiger partial charge in [0.2, 0.25) is 5.91 Å². The van der Waals surface area contributed by atoms with Crippen molar-refractivity contribution in [3.63, 3.8) is 0 Å². The molecule has 3 aromatic rings. The zero-order valence-corrected chi connectivity index (χ0v) is 17.2. The fourth-order valence-electron chi connectivity index (χ4n) is 4.75. The van der Waals surface area contributed by atoms with Gasteiger partial charge in [-0.3, -0.25) is 9.59 Å². The number of anilines is 1. The van der Waals surface area contributed by atoms with E-state index in [0.29, 0.717) is 18.7 Å². The molecule has 2 aliphatic rings. The summed E-state index contributed by atoms with van der Waals surface area (Å²) in [5.41, 5.74) is 5.56. The monoisotopic (exact) mass is 396 g/mol. The second kappa shape index (κ2) is 7.13. The number of amides is 2. The van der Waals surface area contributed by atoms with E-state index >= 15 is 0 Å². The van der Waals surface area contributed by atoms with Crippen molar-refractivity contribution in [2.75, 3.05) is 4.90 Å². The van der Waals surface area contributed by atoms with E-state index in [2.05, 4.69) is 12.1 Å². The summed E-state index contributed by atoms with van der Waals surface area (Å²) in [5, 5.41) is 0. The van der Waals surface area contributed by atoms with Gasteiger partial charge in [-0.05, 0) is 28.7 Å². The van der Waals surface area contributed by atoms with E-state index in [-0.39, 0.29) is 17.7 Å². The lowest BCUT2D eigenvalue weighted by atomic mass is 9.91. The van der Waals surface area contributed by atoms with Crippen LogP contribution in [0.5, 0.6) is 0 Å². The standard InChI is InChI=1S/C26H24N2O2/c1-17(2)23-26(30)28-16-19-11-6-7-12-20(19)21-13-8-14-22(24(21)28)25(29)27(23)15-18-9-4-3-5-10-18/h3-14,17,23H,15-16H2,1-2H3. The van der Waals surface area contributed by atoms with Crippen molar-refractivity contribution in [2.45, 2.75) is 33.0 Å². The summed E-state index contributed by atoms with van der Waals surface area (Å²) >= 11 is 0. The number of carbonyl (C=O) groups is 2. The van der Waals surface area contributed by atoms with Crippen LogP contribution < -0.4 is 4.90 Å². The molecule has 1 atom stereocenters. The lowest BCUT2D eigenvalue weighted by Crippen LogP contribution is -2.51. The number of para-hydroxylation sites is 1. The molecular formula is C26H24N2O2. The largest absolute Gasteiger partial charge is 0.322 e. The predicted octanol–water partition coefficient (Wildman–Crippen LogP) is 4.88. The number of rotatable bonds is 3. The van der Waals surface area contributed by atoms with Crippen LogP contribution in [-0.2, 0) is 17.9 Å². The Morgan fingerprint density at radius 3 is 2.27 bits per heavy atom. The van der Waals surface area contributed by atoms with Gasteiger partial charge >= 0.3 is 0 Å². The van der Waals surface area contributed by atoms with Gasteiger partial charge in [0.25, 0.3) is 5.91 Å². The Balaban J connectivity index is 1.70. The minimum Gasteiger partial charge on any atom is -0.322 e. The summed E-state index contributed by atoms with van der Waals surface area (Å²) in [5.74, 6) is -0.0836. The first-order valence-electron chi connectivity index (χ1n) is 10.4. The molecule has 2 aliphatic heterocycles. The molecule has 2 amide bonds. The Bertz CT molecular complexity index is 1140. The van der Waals surface area contributed by atoms with Crippen molar-refractivity contribution < 1.29 is 9.59 Å². The van der Waals surface area contributed by atoms with E-state index < -0.39 is 6.04 Å². The van der Waals surface area contributed by atoms with Crippen LogP contribution in [0.1, 0.15) is 35.3 Å². The summed E-state index contributed by atoms with van der Waals surface area (Å²) in [6, 6.07) is 23.3. The molecular weight excluding hydrogens is 372 g/mol. The Morgan fingerprint density at radius 2 is 1.50 bits per heavy atom. The molecule has 0 spiro atoms. The Labute approximate surface area is 176 Å². The van der Waals surface area contributed by atoms with E-state index in [9.17, 15) is 9.59 Å². The molecule has 0 aromatic heterocycles. The molecule has 0 bridgehead atoms. The van der Waals surface area contributed by atoms with Crippen LogP contribution in [0.3, 0.4) is 0 Å². The predicted molar refractivity (Wildman–Crippen MR) is 118 cm³/mol. The highest BCUT2D eigenvalue weighted by Crippen LogP contribution is 2.44. The van der Waals surface area contributed by atoms with Crippen LogP contribution in [-0.4, -0.2) is 22.8 Å². The van der Waals surface area contributed by atoms with Gasteiger partial charge < -0.3 is 9.80 Å². The Hall–Kier alpha value is -3.40. The maximum Gasteiger partial charge on any atom is 0.256 e. The molecule has 3 aromatic carbocycles. The molecule has 0 radical (unpaired) electrons. The van der Waals surface area contributed by atoms with Crippen molar-refractivity contribution in [1.82, 2.24) is 4.90 Å². The number of benzene rings is 3. The van der Waals surface area contributed by atoms with Crippen LogP contribution in [0.4, 0.5) is 5.69 Å². The summed E-state index contributed by atoms with van der Waals surface area (Å²) in [6.07, 6.45) is 0. The van der Waals surface area contributed by atoms with E-state index in [1.807, 2.05) is 79.4 Å². The first kappa shape index (κ1) is 18.6. The van der Waals surface area contributed by atoms with Crippen molar-refractivity contribution in [2.24, 2.45) is 5.92 Å². The molecule has 0 N–H and O–H groups in total. The third-order valence-corrected chi connectivity index (χ3v) is 6.12. The normalized spacial score (nSPS) is 17.6. The van der Waals surface area contributed by atoms with E-state index in [4.69, 9.17) is 0 Å². The molecule has 1 unspecified atom stereocenters. The number of fused-ring (bicyclic) bond motifs is 2. The summed E-state index contributed by atoms with van der Waals surface area (Å²) in [7, 11) is 0. The fraction of sp³-hybridized carbons (Fsp3) is 0.231. The molecule has 0 aliphatic carbocycles. The van der Waals surface area contributed by atoms with Crippen LogP contribution in [0.15, 0.2) is 72.8 Å². The van der Waals surface area contributed by atoms with Gasteiger partial charge in [0.1, 0.15) is 6.04 Å². The van der Waals surface area contributed by atoms with Crippen molar-refractivity contribution in [3.05, 3.63) is 89.5 Å². The van der Waals surface area contributed by atoms with Crippen molar-refractivity contribution in [3.8, 4) is 11.1 Å². The zero-order chi connectivity index (χ0) is 20.8. The average molecular weight is 396 g/mol. The zero-order valence-electron chi connectivity index (χ0n) is 17.2. The van der Waals surface area contributed by atoms with Crippen molar-refractivity contribution in [1.29, 1.82) is 0 Å². The Morgan fingerprint density at radius 1 is 0.833 bits per heavy atom. The summed E-state index contributed by atoms with van der Waals surface area (Å²) in [6.45, 7) is 4.94. The van der Waals surface area contributed by atoms with Gasteiger partial charge in [-0.1, -0.05) is 80.6 Å². The highest BCUT2D eigenvalue weighted by atomic mass is 16.2. The second-order valence-electron chi connectivity index (χ2n) is 8.39. The highest BCUT2D eigenvalue weighted by Gasteiger charge is 2.43. The third kappa shape index (κ3) is 2.83. The second-order valence-corrected chi connectivity index (χ2v) is 8.39. The maximum atomic E-state index is 13.9. The molecule has 4 heteroatoms. The first-order chi connectivity index (χ1) is 14.6. The number of hydrogen-bond acceptors (Lipinski definition) is 2. The SMILES string of the molecule is CC(C)C1C(=O)N2Cc3ccccc3-c3cccc(c32)C(=O)N1Cc1ccccc1. The fourth-order valence-corrected chi connectivity index (χ4v) is 4.75. The summed E-state index contributed by atoms with van der Waals surface area (Å²) < 4.78 is 0. The van der Waals surface area contributed by atoms with Gasteiger partial charge in [-0.15, -0.1) is 0 Å². The quantitative estimate of drug-likeness (QED) is 0.633. The number of nitrogens with zero attached hydrogens (tertiary/aromatic N) is 2. The molecule has 4 nitrogen and oxygen atoms in total. The van der Waals surface area contributed by atoms with Gasteiger partial charge in [-0.25, -0.2) is 0 Å². The molecule has 0 saturated heterocycles. The molecule has 30 heavy (non-hydrogen) atoms. The van der Waals surface area contributed by atoms with Crippen molar-refractivity contribution >= 4 is 17.5 Å². The minimum absolute atomic E-state index is 0.0000878. The van der Waals surface area contributed by atoms with Gasteiger partial charge in [0.05, 0.1) is 17.8 Å². The topological polar surface area (TPSA) is 40.6 Å². The van der Waals surface area contributed by atoms with Crippen LogP contribution in [0, 0.1) is 5.92 Å². The molecule has 0 saturated carbocycles. The number of carbonyl (C=O) groups excluding carboxylic acids is 2. The van der Waals surface area contributed by atoms with E-state index in [0.717, 1.165) is 27.9 Å². The smallest absolute Gasteiger partial charge is 0.256 e. The minimum atomic E-state index is -0.511. The maximum absolute atomic E-state index is 13.9. The molecule has 2 heterocycles. The Kier molecular flexibility index (Phi) is 4.43. The van der Waals surface area contributed by atoms with E-state index in [1.165, 1.54) is 0 Å². The van der Waals surface area contributed by atoms with Gasteiger partial charge in [0.15, 0.2) is 0 Å². The summed E-state index contributed by atoms with van der Waals surface area (Å²) in [4.78, 5) is 31.3. The first-order valence-corrected chi connectivity index (χ1v) is 10.4.